The van der Waals surface area contributed by atoms with Gasteiger partial charge >= 0.3 is 0 Å². The first-order valence-corrected chi connectivity index (χ1v) is 8.40. The molecule has 0 aliphatic rings. The van der Waals surface area contributed by atoms with Gasteiger partial charge in [0.2, 0.25) is 0 Å². The summed E-state index contributed by atoms with van der Waals surface area (Å²) in [5, 5.41) is 4.04. The second-order valence-electron chi connectivity index (χ2n) is 5.35. The predicted octanol–water partition coefficient (Wildman–Crippen LogP) is 3.02. The van der Waals surface area contributed by atoms with Crippen LogP contribution in [0.5, 0.6) is 5.75 Å². The van der Waals surface area contributed by atoms with E-state index in [1.54, 1.807) is 19.1 Å². The third kappa shape index (κ3) is 6.62. The van der Waals surface area contributed by atoms with Crippen LogP contribution in [-0.2, 0) is 4.79 Å². The fourth-order valence-corrected chi connectivity index (χ4v) is 2.44. The molecule has 1 aromatic carbocycles. The summed E-state index contributed by atoms with van der Waals surface area (Å²) in [5.41, 5.74) is 6.98. The maximum atomic E-state index is 12.1. The minimum atomic E-state index is -0.667. The van der Waals surface area contributed by atoms with E-state index in [4.69, 9.17) is 28.6 Å². The molecule has 0 fully saturated rings. The van der Waals surface area contributed by atoms with Crippen LogP contribution in [0.4, 0.5) is 0 Å². The molecule has 0 bridgehead atoms. The van der Waals surface area contributed by atoms with Crippen LogP contribution in [0.15, 0.2) is 12.1 Å². The Morgan fingerprint density at radius 1 is 1.30 bits per heavy atom. The summed E-state index contributed by atoms with van der Waals surface area (Å²) in [7, 11) is 0. The fourth-order valence-electron chi connectivity index (χ4n) is 1.96. The molecular weight excluding hydrogens is 334 g/mol. The Morgan fingerprint density at radius 2 is 1.91 bits per heavy atom. The number of hydrazine groups is 1. The molecule has 1 amide bonds. The van der Waals surface area contributed by atoms with Crippen LogP contribution in [0, 0.1) is 13.8 Å². The zero-order valence-corrected chi connectivity index (χ0v) is 15.5. The average molecular weight is 358 g/mol. The summed E-state index contributed by atoms with van der Waals surface area (Å²) >= 11 is 11.1. The van der Waals surface area contributed by atoms with Gasteiger partial charge in [-0.15, -0.1) is 0 Å². The zero-order valence-electron chi connectivity index (χ0n) is 14.0. The molecule has 5 nitrogen and oxygen atoms in total. The van der Waals surface area contributed by atoms with Crippen molar-refractivity contribution in [2.75, 3.05) is 6.54 Å². The number of carbonyl (C=O) groups excluding carboxylic acids is 1. The van der Waals surface area contributed by atoms with Gasteiger partial charge in [0.15, 0.2) is 11.2 Å². The number of unbranched alkanes of at least 4 members (excludes halogenated alkanes) is 1. The first-order chi connectivity index (χ1) is 10.8. The van der Waals surface area contributed by atoms with Crippen LogP contribution in [0.1, 0.15) is 37.8 Å². The Labute approximate surface area is 148 Å². The number of aryl methyl sites for hydroxylation is 2. The van der Waals surface area contributed by atoms with Crippen LogP contribution < -0.4 is 20.9 Å². The molecule has 0 spiro atoms. The van der Waals surface area contributed by atoms with Crippen molar-refractivity contribution in [2.45, 2.75) is 46.6 Å². The number of benzene rings is 1. The number of thiocarbonyl (C=S) groups is 1. The fraction of sp³-hybridized carbons (Fsp3) is 0.500. The van der Waals surface area contributed by atoms with Gasteiger partial charge in [0, 0.05) is 11.6 Å². The Hall–Kier alpha value is -1.53. The zero-order chi connectivity index (χ0) is 17.4. The van der Waals surface area contributed by atoms with Crippen molar-refractivity contribution in [3.63, 3.8) is 0 Å². The molecule has 1 rings (SSSR count). The molecular formula is C16H24ClN3O2S. The summed E-state index contributed by atoms with van der Waals surface area (Å²) in [5.74, 6) is 0.360. The summed E-state index contributed by atoms with van der Waals surface area (Å²) in [4.78, 5) is 12.1. The minimum Gasteiger partial charge on any atom is -0.480 e. The molecule has 7 heteroatoms. The molecule has 0 aromatic heterocycles. The lowest BCUT2D eigenvalue weighted by Gasteiger charge is -2.19. The highest BCUT2D eigenvalue weighted by atomic mass is 35.5. The SMILES string of the molecule is CCCCNC(=S)NNC(=O)[C@H](C)Oc1c(C)cc(Cl)cc1C. The molecule has 3 N–H and O–H groups in total. The van der Waals surface area contributed by atoms with Crippen molar-refractivity contribution in [3.05, 3.63) is 28.3 Å². The first-order valence-electron chi connectivity index (χ1n) is 7.62. The number of nitrogens with one attached hydrogen (secondary N) is 3. The lowest BCUT2D eigenvalue weighted by atomic mass is 10.1. The lowest BCUT2D eigenvalue weighted by Crippen LogP contribution is -2.50. The third-order valence-corrected chi connectivity index (χ3v) is 3.67. The molecule has 128 valence electrons. The number of halogens is 1. The second kappa shape index (κ2) is 9.57. The van der Waals surface area contributed by atoms with E-state index in [0.29, 0.717) is 15.9 Å². The number of hydrogen-bond donors (Lipinski definition) is 3. The molecule has 0 aliphatic heterocycles. The number of amides is 1. The number of rotatable bonds is 6. The average Bonchev–Trinajstić information content (AvgIpc) is 2.48. The normalized spacial score (nSPS) is 11.5. The molecule has 0 radical (unpaired) electrons. The Balaban J connectivity index is 2.50. The van der Waals surface area contributed by atoms with Gasteiger partial charge in [-0.3, -0.25) is 15.6 Å². The number of carbonyl (C=O) groups is 1. The van der Waals surface area contributed by atoms with E-state index >= 15 is 0 Å². The van der Waals surface area contributed by atoms with Gasteiger partial charge in [-0.25, -0.2) is 0 Å². The smallest absolute Gasteiger partial charge is 0.279 e. The maximum Gasteiger partial charge on any atom is 0.279 e. The maximum absolute atomic E-state index is 12.1. The highest BCUT2D eigenvalue weighted by molar-refractivity contribution is 7.80. The van der Waals surface area contributed by atoms with Gasteiger partial charge in [0.1, 0.15) is 5.75 Å². The minimum absolute atomic E-state index is 0.307. The van der Waals surface area contributed by atoms with Gasteiger partial charge in [0.05, 0.1) is 0 Å². The van der Waals surface area contributed by atoms with E-state index < -0.39 is 6.10 Å². The van der Waals surface area contributed by atoms with Crippen LogP contribution in [-0.4, -0.2) is 23.7 Å². The van der Waals surface area contributed by atoms with E-state index in [1.165, 1.54) is 0 Å². The Bertz CT molecular complexity index is 543. The monoisotopic (exact) mass is 357 g/mol. The number of hydrogen-bond acceptors (Lipinski definition) is 3. The van der Waals surface area contributed by atoms with Crippen molar-refractivity contribution < 1.29 is 9.53 Å². The first kappa shape index (κ1) is 19.5. The highest BCUT2D eigenvalue weighted by Crippen LogP contribution is 2.27. The Morgan fingerprint density at radius 3 is 2.48 bits per heavy atom. The van der Waals surface area contributed by atoms with Gasteiger partial charge in [0.25, 0.3) is 5.91 Å². The van der Waals surface area contributed by atoms with Gasteiger partial charge in [-0.1, -0.05) is 24.9 Å². The van der Waals surface area contributed by atoms with E-state index in [9.17, 15) is 4.79 Å². The standard InChI is InChI=1S/C16H24ClN3O2S/c1-5-6-7-18-16(23)20-19-15(21)12(4)22-14-10(2)8-13(17)9-11(14)3/h8-9,12H,5-7H2,1-4H3,(H,19,21)(H2,18,20,23)/t12-/m0/s1. The topological polar surface area (TPSA) is 62.4 Å². The van der Waals surface area contributed by atoms with Gasteiger partial charge < -0.3 is 10.1 Å². The van der Waals surface area contributed by atoms with Crippen LogP contribution in [0.25, 0.3) is 0 Å². The van der Waals surface area contributed by atoms with E-state index in [-0.39, 0.29) is 5.91 Å². The highest BCUT2D eigenvalue weighted by Gasteiger charge is 2.17. The molecule has 0 saturated heterocycles. The largest absolute Gasteiger partial charge is 0.480 e. The van der Waals surface area contributed by atoms with E-state index in [0.717, 1.165) is 30.5 Å². The van der Waals surface area contributed by atoms with E-state index in [1.807, 2.05) is 13.8 Å². The van der Waals surface area contributed by atoms with Crippen molar-refractivity contribution in [2.24, 2.45) is 0 Å². The molecule has 1 aromatic rings. The van der Waals surface area contributed by atoms with Crippen LogP contribution in [0.2, 0.25) is 5.02 Å². The Kier molecular flexibility index (Phi) is 8.12. The predicted molar refractivity (Wildman–Crippen MR) is 97.8 cm³/mol. The molecule has 0 unspecified atom stereocenters. The molecule has 1 atom stereocenters. The van der Waals surface area contributed by atoms with Crippen molar-refractivity contribution >= 4 is 34.8 Å². The van der Waals surface area contributed by atoms with Crippen molar-refractivity contribution in [1.82, 2.24) is 16.2 Å². The summed E-state index contributed by atoms with van der Waals surface area (Å²) in [6.45, 7) is 8.33. The van der Waals surface area contributed by atoms with Crippen molar-refractivity contribution in [3.8, 4) is 5.75 Å². The molecule has 0 aliphatic carbocycles. The van der Waals surface area contributed by atoms with Crippen LogP contribution >= 0.6 is 23.8 Å². The summed E-state index contributed by atoms with van der Waals surface area (Å²) < 4.78 is 5.75. The molecule has 0 heterocycles. The molecule has 0 saturated carbocycles. The van der Waals surface area contributed by atoms with Gasteiger partial charge in [-0.05, 0) is 62.7 Å². The van der Waals surface area contributed by atoms with E-state index in [2.05, 4.69) is 23.1 Å². The quantitative estimate of drug-likeness (QED) is 0.415. The third-order valence-electron chi connectivity index (χ3n) is 3.20. The van der Waals surface area contributed by atoms with Crippen LogP contribution in [0.3, 0.4) is 0 Å². The van der Waals surface area contributed by atoms with Crippen molar-refractivity contribution in [1.29, 1.82) is 0 Å². The second-order valence-corrected chi connectivity index (χ2v) is 6.20. The molecule has 23 heavy (non-hydrogen) atoms. The lowest BCUT2D eigenvalue weighted by molar-refractivity contribution is -0.127. The summed E-state index contributed by atoms with van der Waals surface area (Å²) in [6, 6.07) is 3.61. The number of ether oxygens (including phenoxy) is 1. The van der Waals surface area contributed by atoms with Gasteiger partial charge in [-0.2, -0.15) is 0 Å². The summed E-state index contributed by atoms with van der Waals surface area (Å²) in [6.07, 6.45) is 1.43.